The van der Waals surface area contributed by atoms with Gasteiger partial charge in [0.2, 0.25) is 11.8 Å². The molecule has 9 heteroatoms. The Hall–Kier alpha value is -3.90. The molecule has 9 nitrogen and oxygen atoms in total. The van der Waals surface area contributed by atoms with Crippen molar-refractivity contribution < 1.29 is 23.9 Å². The molecule has 0 radical (unpaired) electrons. The monoisotopic (exact) mass is 518 g/mol. The Morgan fingerprint density at radius 3 is 2.42 bits per heavy atom. The summed E-state index contributed by atoms with van der Waals surface area (Å²) in [4.78, 5) is 39.5. The molecule has 3 amide bonds. The van der Waals surface area contributed by atoms with Crippen LogP contribution in [0.15, 0.2) is 42.5 Å². The van der Waals surface area contributed by atoms with Gasteiger partial charge in [0.15, 0.2) is 0 Å². The lowest BCUT2D eigenvalue weighted by atomic mass is 9.88. The second-order valence-electron chi connectivity index (χ2n) is 10.9. The van der Waals surface area contributed by atoms with Crippen molar-refractivity contribution in [2.45, 2.75) is 63.6 Å². The Labute approximate surface area is 223 Å². The number of ether oxygens (including phenoxy) is 2. The van der Waals surface area contributed by atoms with Gasteiger partial charge < -0.3 is 25.0 Å². The minimum absolute atomic E-state index is 0.0842. The second kappa shape index (κ2) is 10.8. The van der Waals surface area contributed by atoms with Crippen molar-refractivity contribution in [3.63, 3.8) is 0 Å². The van der Waals surface area contributed by atoms with Crippen molar-refractivity contribution in [3.05, 3.63) is 53.6 Å². The predicted molar refractivity (Wildman–Crippen MR) is 142 cm³/mol. The summed E-state index contributed by atoms with van der Waals surface area (Å²) >= 11 is 0. The average Bonchev–Trinajstić information content (AvgIpc) is 3.16. The molecule has 2 heterocycles. The Bertz CT molecular complexity index is 1250. The summed E-state index contributed by atoms with van der Waals surface area (Å²) in [5.74, 6) is -0.340. The molecule has 0 aliphatic carbocycles. The smallest absolute Gasteiger partial charge is 0.408 e. The average molecular weight is 519 g/mol. The maximum atomic E-state index is 13.3. The van der Waals surface area contributed by atoms with E-state index in [4.69, 9.17) is 9.47 Å². The van der Waals surface area contributed by atoms with E-state index in [-0.39, 0.29) is 18.7 Å². The van der Waals surface area contributed by atoms with Crippen LogP contribution >= 0.6 is 0 Å². The van der Waals surface area contributed by atoms with Gasteiger partial charge in [-0.25, -0.2) is 4.79 Å². The fourth-order valence-electron chi connectivity index (χ4n) is 4.74. The van der Waals surface area contributed by atoms with Crippen molar-refractivity contribution in [2.24, 2.45) is 0 Å². The first-order chi connectivity index (χ1) is 18.0. The molecule has 2 aromatic carbocycles. The Balaban J connectivity index is 1.43. The van der Waals surface area contributed by atoms with E-state index in [9.17, 15) is 19.6 Å². The molecule has 1 fully saturated rings. The number of carbonyl (C=O) groups excluding carboxylic acids is 3. The molecule has 2 aromatic rings. The number of carbonyl (C=O) groups is 3. The van der Waals surface area contributed by atoms with Gasteiger partial charge in [-0.2, -0.15) is 5.26 Å². The van der Waals surface area contributed by atoms with Crippen LogP contribution in [0.2, 0.25) is 0 Å². The third kappa shape index (κ3) is 6.14. The number of hydrogen-bond donors (Lipinski definition) is 2. The van der Waals surface area contributed by atoms with Gasteiger partial charge in [-0.15, -0.1) is 0 Å². The van der Waals surface area contributed by atoms with E-state index in [1.54, 1.807) is 32.7 Å². The summed E-state index contributed by atoms with van der Waals surface area (Å²) in [6.07, 6.45) is 0.622. The highest BCUT2D eigenvalue weighted by molar-refractivity contribution is 6.01. The van der Waals surface area contributed by atoms with Crippen LogP contribution in [0.25, 0.3) is 11.1 Å². The number of nitrogens with zero attached hydrogens (tertiary/aromatic N) is 2. The first-order valence-electron chi connectivity index (χ1n) is 12.8. The summed E-state index contributed by atoms with van der Waals surface area (Å²) in [6, 6.07) is 15.2. The van der Waals surface area contributed by atoms with E-state index >= 15 is 0 Å². The Morgan fingerprint density at radius 2 is 1.79 bits per heavy atom. The van der Waals surface area contributed by atoms with Gasteiger partial charge in [0.05, 0.1) is 12.5 Å². The van der Waals surface area contributed by atoms with Crippen LogP contribution in [0, 0.1) is 11.3 Å². The molecule has 0 bridgehead atoms. The zero-order valence-electron chi connectivity index (χ0n) is 22.3. The van der Waals surface area contributed by atoms with E-state index < -0.39 is 29.2 Å². The van der Waals surface area contributed by atoms with Gasteiger partial charge in [-0.3, -0.25) is 9.59 Å². The highest BCUT2D eigenvalue weighted by atomic mass is 16.6. The van der Waals surface area contributed by atoms with Crippen LogP contribution in [0.4, 0.5) is 10.5 Å². The quantitative estimate of drug-likeness (QED) is 0.604. The molecule has 4 rings (SSSR count). The summed E-state index contributed by atoms with van der Waals surface area (Å²) in [7, 11) is 1.78. The van der Waals surface area contributed by atoms with Crippen LogP contribution in [0.3, 0.4) is 0 Å². The number of fused-ring (bicyclic) bond motifs is 1. The van der Waals surface area contributed by atoms with E-state index in [2.05, 4.69) is 16.7 Å². The first-order valence-corrected chi connectivity index (χ1v) is 12.8. The first kappa shape index (κ1) is 27.1. The van der Waals surface area contributed by atoms with Crippen molar-refractivity contribution in [3.8, 4) is 17.2 Å². The Morgan fingerprint density at radius 1 is 1.13 bits per heavy atom. The molecule has 0 saturated carbocycles. The maximum Gasteiger partial charge on any atom is 0.408 e. The SMILES string of the molecule is CN1C(=O)Cc2ccc(-c3ccc(CC(C#N)NC(=O)C4(NC(=O)OC(C)(C)C)CCOCC4)cc3)cc21. The molecule has 1 unspecified atom stereocenters. The number of nitrogens with one attached hydrogen (secondary N) is 2. The number of amides is 3. The van der Waals surface area contributed by atoms with E-state index in [0.29, 0.717) is 26.1 Å². The molecule has 38 heavy (non-hydrogen) atoms. The molecule has 2 N–H and O–H groups in total. The number of anilines is 1. The van der Waals surface area contributed by atoms with Crippen LogP contribution in [0.1, 0.15) is 44.7 Å². The topological polar surface area (TPSA) is 121 Å². The maximum absolute atomic E-state index is 13.3. The molecule has 2 aliphatic rings. The standard InChI is InChI=1S/C29H34N4O5/c1-28(2,3)38-27(36)32-29(11-13-37-14-12-29)26(35)31-23(18-30)15-19-5-7-20(8-6-19)21-9-10-22-17-25(34)33(4)24(22)16-21/h5-10,16,23H,11-15,17H2,1-4H3,(H,31,35)(H,32,36). The van der Waals surface area contributed by atoms with Gasteiger partial charge in [0, 0.05) is 45.2 Å². The predicted octanol–water partition coefficient (Wildman–Crippen LogP) is 3.50. The van der Waals surface area contributed by atoms with Crippen LogP contribution < -0.4 is 15.5 Å². The lowest BCUT2D eigenvalue weighted by molar-refractivity contribution is -0.132. The Kier molecular flexibility index (Phi) is 7.74. The highest BCUT2D eigenvalue weighted by Crippen LogP contribution is 2.32. The second-order valence-corrected chi connectivity index (χ2v) is 10.9. The molecule has 1 saturated heterocycles. The zero-order valence-corrected chi connectivity index (χ0v) is 22.3. The summed E-state index contributed by atoms with van der Waals surface area (Å²) < 4.78 is 10.8. The number of rotatable bonds is 6. The molecule has 0 aromatic heterocycles. The summed E-state index contributed by atoms with van der Waals surface area (Å²) in [5.41, 5.74) is 2.90. The fraction of sp³-hybridized carbons (Fsp3) is 0.448. The van der Waals surface area contributed by atoms with Crippen molar-refractivity contribution in [1.29, 1.82) is 5.26 Å². The van der Waals surface area contributed by atoms with Gasteiger partial charge in [-0.05, 0) is 49.1 Å². The molecule has 200 valence electrons. The van der Waals surface area contributed by atoms with Crippen LogP contribution in [-0.2, 0) is 31.9 Å². The van der Waals surface area contributed by atoms with E-state index in [1.807, 2.05) is 42.5 Å². The number of likely N-dealkylation sites (N-methyl/N-ethyl adjacent to an activating group) is 1. The fourth-order valence-corrected chi connectivity index (χ4v) is 4.74. The highest BCUT2D eigenvalue weighted by Gasteiger charge is 2.43. The molecule has 2 aliphatic heterocycles. The van der Waals surface area contributed by atoms with E-state index in [0.717, 1.165) is 27.9 Å². The van der Waals surface area contributed by atoms with Gasteiger partial charge in [-0.1, -0.05) is 36.4 Å². The number of alkyl carbamates (subject to hydrolysis) is 1. The van der Waals surface area contributed by atoms with Gasteiger partial charge in [0.1, 0.15) is 17.2 Å². The van der Waals surface area contributed by atoms with Crippen LogP contribution in [-0.4, -0.2) is 55.4 Å². The lowest BCUT2D eigenvalue weighted by Gasteiger charge is -2.37. The van der Waals surface area contributed by atoms with E-state index in [1.165, 1.54) is 0 Å². The van der Waals surface area contributed by atoms with Crippen molar-refractivity contribution in [1.82, 2.24) is 10.6 Å². The van der Waals surface area contributed by atoms with Crippen LogP contribution in [0.5, 0.6) is 0 Å². The third-order valence-corrected chi connectivity index (χ3v) is 6.87. The third-order valence-electron chi connectivity index (χ3n) is 6.87. The normalized spacial score (nSPS) is 17.2. The van der Waals surface area contributed by atoms with Crippen molar-refractivity contribution >= 4 is 23.6 Å². The lowest BCUT2D eigenvalue weighted by Crippen LogP contribution is -2.63. The largest absolute Gasteiger partial charge is 0.444 e. The van der Waals surface area contributed by atoms with Crippen molar-refractivity contribution in [2.75, 3.05) is 25.2 Å². The van der Waals surface area contributed by atoms with Gasteiger partial charge in [0.25, 0.3) is 0 Å². The summed E-state index contributed by atoms with van der Waals surface area (Å²) in [5, 5.41) is 15.3. The molecule has 1 atom stereocenters. The van der Waals surface area contributed by atoms with Gasteiger partial charge >= 0.3 is 6.09 Å². The number of hydrogen-bond acceptors (Lipinski definition) is 6. The molecular weight excluding hydrogens is 484 g/mol. The summed E-state index contributed by atoms with van der Waals surface area (Å²) in [6.45, 7) is 5.89. The number of benzene rings is 2. The molecular formula is C29H34N4O5. The number of nitriles is 1. The minimum atomic E-state index is -1.21. The zero-order chi connectivity index (χ0) is 27.5. The molecule has 0 spiro atoms. The minimum Gasteiger partial charge on any atom is -0.444 e.